The number of hydrogen-bond donors (Lipinski definition) is 2. The van der Waals surface area contributed by atoms with E-state index in [-0.39, 0.29) is 24.2 Å². The number of aliphatic hydroxyl groups is 1. The zero-order valence-electron chi connectivity index (χ0n) is 12.4. The van der Waals surface area contributed by atoms with Crippen LogP contribution >= 0.6 is 11.6 Å². The molecule has 0 saturated heterocycles. The van der Waals surface area contributed by atoms with Gasteiger partial charge in [0.1, 0.15) is 5.82 Å². The number of benzene rings is 2. The number of nitrogens with one attached hydrogen (secondary N) is 1. The van der Waals surface area contributed by atoms with Gasteiger partial charge in [0, 0.05) is 5.02 Å². The Labute approximate surface area is 139 Å². The van der Waals surface area contributed by atoms with Crippen molar-refractivity contribution in [2.45, 2.75) is 31.4 Å². The van der Waals surface area contributed by atoms with Crippen LogP contribution in [0.2, 0.25) is 5.02 Å². The molecule has 1 amide bonds. The van der Waals surface area contributed by atoms with Crippen LogP contribution in [-0.4, -0.2) is 11.0 Å². The van der Waals surface area contributed by atoms with Crippen molar-refractivity contribution in [2.75, 3.05) is 0 Å². The second-order valence-electron chi connectivity index (χ2n) is 5.74. The average molecular weight is 334 g/mol. The fourth-order valence-corrected chi connectivity index (χ4v) is 3.12. The van der Waals surface area contributed by atoms with E-state index in [0.29, 0.717) is 29.0 Å². The molecule has 0 spiro atoms. The number of aliphatic hydroxyl groups excluding tert-OH is 1. The molecule has 5 heteroatoms. The second-order valence-corrected chi connectivity index (χ2v) is 6.17. The number of carbonyl (C=O) groups excluding carboxylic acids is 1. The minimum absolute atomic E-state index is 0.0389. The van der Waals surface area contributed by atoms with Crippen LogP contribution < -0.4 is 5.32 Å². The summed E-state index contributed by atoms with van der Waals surface area (Å²) in [5.41, 5.74) is 2.15. The maximum Gasteiger partial charge on any atom is 0.223 e. The van der Waals surface area contributed by atoms with Crippen LogP contribution in [0.5, 0.6) is 0 Å². The summed E-state index contributed by atoms with van der Waals surface area (Å²) >= 11 is 5.80. The Morgan fingerprint density at radius 3 is 2.78 bits per heavy atom. The lowest BCUT2D eigenvalue weighted by molar-refractivity contribution is -0.123. The standard InChI is InChI=1S/C18H17ClFNO2/c19-12-6-4-11(5-7-12)17(22)10-18(23)21-16-9-8-13-14(16)2-1-3-15(13)20/h1-7,16-17,22H,8-10H2,(H,21,23). The zero-order chi connectivity index (χ0) is 16.4. The summed E-state index contributed by atoms with van der Waals surface area (Å²) in [4.78, 5) is 12.2. The van der Waals surface area contributed by atoms with Crippen LogP contribution in [0.4, 0.5) is 4.39 Å². The van der Waals surface area contributed by atoms with Crippen molar-refractivity contribution in [1.29, 1.82) is 0 Å². The fourth-order valence-electron chi connectivity index (χ4n) is 2.99. The number of amides is 1. The molecule has 0 fully saturated rings. The van der Waals surface area contributed by atoms with E-state index in [9.17, 15) is 14.3 Å². The second kappa shape index (κ2) is 6.69. The number of fused-ring (bicyclic) bond motifs is 1. The topological polar surface area (TPSA) is 49.3 Å². The molecule has 3 nitrogen and oxygen atoms in total. The zero-order valence-corrected chi connectivity index (χ0v) is 13.2. The quantitative estimate of drug-likeness (QED) is 0.896. The van der Waals surface area contributed by atoms with Gasteiger partial charge in [-0.15, -0.1) is 0 Å². The van der Waals surface area contributed by atoms with Gasteiger partial charge in [0.15, 0.2) is 0 Å². The minimum Gasteiger partial charge on any atom is -0.388 e. The predicted octanol–water partition coefficient (Wildman–Crippen LogP) is 3.71. The van der Waals surface area contributed by atoms with Gasteiger partial charge in [0.05, 0.1) is 18.6 Å². The van der Waals surface area contributed by atoms with Gasteiger partial charge in [-0.2, -0.15) is 0 Å². The van der Waals surface area contributed by atoms with E-state index in [2.05, 4.69) is 5.32 Å². The van der Waals surface area contributed by atoms with Crippen molar-refractivity contribution in [1.82, 2.24) is 5.32 Å². The molecule has 2 atom stereocenters. The first-order valence-electron chi connectivity index (χ1n) is 7.55. The third-order valence-electron chi connectivity index (χ3n) is 4.18. The van der Waals surface area contributed by atoms with E-state index in [1.165, 1.54) is 6.07 Å². The SMILES string of the molecule is O=C(CC(O)c1ccc(Cl)cc1)NC1CCc2c(F)cccc21. The number of hydrogen-bond acceptors (Lipinski definition) is 2. The maximum absolute atomic E-state index is 13.7. The summed E-state index contributed by atoms with van der Waals surface area (Å²) < 4.78 is 13.7. The van der Waals surface area contributed by atoms with Crippen molar-refractivity contribution >= 4 is 17.5 Å². The van der Waals surface area contributed by atoms with E-state index < -0.39 is 6.10 Å². The van der Waals surface area contributed by atoms with Crippen molar-refractivity contribution in [2.24, 2.45) is 0 Å². The van der Waals surface area contributed by atoms with Crippen molar-refractivity contribution < 1.29 is 14.3 Å². The first kappa shape index (κ1) is 16.0. The summed E-state index contributed by atoms with van der Waals surface area (Å²) in [6, 6.07) is 11.5. The summed E-state index contributed by atoms with van der Waals surface area (Å²) in [6.45, 7) is 0. The highest BCUT2D eigenvalue weighted by molar-refractivity contribution is 6.30. The van der Waals surface area contributed by atoms with E-state index >= 15 is 0 Å². The summed E-state index contributed by atoms with van der Waals surface area (Å²) in [7, 11) is 0. The van der Waals surface area contributed by atoms with Gasteiger partial charge in [-0.3, -0.25) is 4.79 Å². The Bertz CT molecular complexity index is 717. The highest BCUT2D eigenvalue weighted by atomic mass is 35.5. The summed E-state index contributed by atoms with van der Waals surface area (Å²) in [5.74, 6) is -0.477. The van der Waals surface area contributed by atoms with E-state index in [1.807, 2.05) is 6.07 Å². The molecule has 120 valence electrons. The van der Waals surface area contributed by atoms with Gasteiger partial charge in [-0.25, -0.2) is 4.39 Å². The van der Waals surface area contributed by atoms with Crippen LogP contribution in [0, 0.1) is 5.82 Å². The molecule has 0 saturated carbocycles. The Balaban J connectivity index is 1.63. The van der Waals surface area contributed by atoms with E-state index in [4.69, 9.17) is 11.6 Å². The Morgan fingerprint density at radius 2 is 2.04 bits per heavy atom. The van der Waals surface area contributed by atoms with E-state index in [1.54, 1.807) is 30.3 Å². The van der Waals surface area contributed by atoms with Crippen LogP contribution in [0.3, 0.4) is 0 Å². The summed E-state index contributed by atoms with van der Waals surface area (Å²) in [5, 5.41) is 13.6. The minimum atomic E-state index is -0.888. The van der Waals surface area contributed by atoms with Gasteiger partial charge in [-0.05, 0) is 47.7 Å². The van der Waals surface area contributed by atoms with Gasteiger partial charge in [0.2, 0.25) is 5.91 Å². The molecule has 3 rings (SSSR count). The summed E-state index contributed by atoms with van der Waals surface area (Å²) in [6.07, 6.45) is 0.370. The lowest BCUT2D eigenvalue weighted by Gasteiger charge is -2.16. The molecule has 2 aromatic rings. The maximum atomic E-state index is 13.7. The number of rotatable bonds is 4. The molecule has 1 aliphatic rings. The smallest absolute Gasteiger partial charge is 0.223 e. The average Bonchev–Trinajstić information content (AvgIpc) is 2.92. The first-order valence-corrected chi connectivity index (χ1v) is 7.92. The number of halogens is 2. The van der Waals surface area contributed by atoms with Gasteiger partial charge >= 0.3 is 0 Å². The first-order chi connectivity index (χ1) is 11.0. The van der Waals surface area contributed by atoms with Gasteiger partial charge < -0.3 is 10.4 Å². The third kappa shape index (κ3) is 3.54. The van der Waals surface area contributed by atoms with Crippen molar-refractivity contribution in [3.63, 3.8) is 0 Å². The highest BCUT2D eigenvalue weighted by Crippen LogP contribution is 2.33. The van der Waals surface area contributed by atoms with Crippen LogP contribution in [0.15, 0.2) is 42.5 Å². The largest absolute Gasteiger partial charge is 0.388 e. The molecule has 0 aliphatic heterocycles. The molecule has 0 bridgehead atoms. The van der Waals surface area contributed by atoms with Crippen LogP contribution in [0.25, 0.3) is 0 Å². The van der Waals surface area contributed by atoms with Gasteiger partial charge in [0.25, 0.3) is 0 Å². The Kier molecular flexibility index (Phi) is 4.64. The Hall–Kier alpha value is -1.91. The lowest BCUT2D eigenvalue weighted by atomic mass is 10.0. The van der Waals surface area contributed by atoms with Crippen LogP contribution in [0.1, 0.15) is 41.7 Å². The monoisotopic (exact) mass is 333 g/mol. The molecular formula is C18H17ClFNO2. The molecule has 2 N–H and O–H groups in total. The Morgan fingerprint density at radius 1 is 1.30 bits per heavy atom. The molecule has 2 aromatic carbocycles. The number of carbonyl (C=O) groups is 1. The molecule has 0 radical (unpaired) electrons. The lowest BCUT2D eigenvalue weighted by Crippen LogP contribution is -2.28. The van der Waals surface area contributed by atoms with E-state index in [0.717, 1.165) is 5.56 Å². The van der Waals surface area contributed by atoms with Crippen molar-refractivity contribution in [3.8, 4) is 0 Å². The van der Waals surface area contributed by atoms with Crippen LogP contribution in [-0.2, 0) is 11.2 Å². The predicted molar refractivity (Wildman–Crippen MR) is 86.6 cm³/mol. The molecule has 2 unspecified atom stereocenters. The highest BCUT2D eigenvalue weighted by Gasteiger charge is 2.26. The molecule has 1 aliphatic carbocycles. The molecule has 0 aromatic heterocycles. The molecule has 0 heterocycles. The molecular weight excluding hydrogens is 317 g/mol. The van der Waals surface area contributed by atoms with Gasteiger partial charge in [-0.1, -0.05) is 35.9 Å². The third-order valence-corrected chi connectivity index (χ3v) is 4.43. The fraction of sp³-hybridized carbons (Fsp3) is 0.278. The van der Waals surface area contributed by atoms with Crippen molar-refractivity contribution in [3.05, 3.63) is 70.0 Å². The molecule has 23 heavy (non-hydrogen) atoms. The normalized spacial score (nSPS) is 17.6.